The van der Waals surface area contributed by atoms with Gasteiger partial charge in [0.1, 0.15) is 0 Å². The Morgan fingerprint density at radius 2 is 2.00 bits per heavy atom. The molecule has 0 unspecified atom stereocenters. The van der Waals surface area contributed by atoms with Gasteiger partial charge < -0.3 is 5.32 Å². The topological polar surface area (TPSA) is 66.5 Å². The van der Waals surface area contributed by atoms with Crippen molar-refractivity contribution in [3.8, 4) is 0 Å². The number of piperidine rings is 1. The molecule has 0 saturated carbocycles. The van der Waals surface area contributed by atoms with Gasteiger partial charge >= 0.3 is 0 Å². The second kappa shape index (κ2) is 7.24. The number of carbonyl (C=O) groups is 1. The maximum atomic E-state index is 12.3. The number of benzene rings is 1. The highest BCUT2D eigenvalue weighted by Gasteiger charge is 2.30. The van der Waals surface area contributed by atoms with E-state index in [1.807, 2.05) is 38.1 Å². The van der Waals surface area contributed by atoms with Crippen molar-refractivity contribution in [2.75, 3.05) is 24.2 Å². The Bertz CT molecular complexity index is 620. The van der Waals surface area contributed by atoms with Crippen LogP contribution in [0.5, 0.6) is 0 Å². The minimum absolute atomic E-state index is 0.0156. The highest BCUT2D eigenvalue weighted by atomic mass is 32.2. The molecule has 0 spiro atoms. The minimum Gasteiger partial charge on any atom is -0.326 e. The first-order chi connectivity index (χ1) is 10.4. The van der Waals surface area contributed by atoms with Crippen molar-refractivity contribution in [1.82, 2.24) is 4.31 Å². The van der Waals surface area contributed by atoms with Crippen molar-refractivity contribution in [1.29, 1.82) is 0 Å². The molecule has 1 heterocycles. The molecule has 1 N–H and O–H groups in total. The van der Waals surface area contributed by atoms with Gasteiger partial charge in [-0.1, -0.05) is 19.1 Å². The van der Waals surface area contributed by atoms with Crippen LogP contribution in [0, 0.1) is 12.8 Å². The van der Waals surface area contributed by atoms with Crippen molar-refractivity contribution in [2.45, 2.75) is 33.1 Å². The fourth-order valence-corrected chi connectivity index (χ4v) is 4.29. The van der Waals surface area contributed by atoms with Gasteiger partial charge in [-0.25, -0.2) is 12.7 Å². The predicted molar refractivity (Wildman–Crippen MR) is 88.2 cm³/mol. The Morgan fingerprint density at radius 3 is 2.59 bits per heavy atom. The molecule has 1 fully saturated rings. The molecule has 0 radical (unpaired) electrons. The lowest BCUT2D eigenvalue weighted by atomic mass is 9.97. The molecule has 0 aromatic heterocycles. The average Bonchev–Trinajstić information content (AvgIpc) is 2.47. The summed E-state index contributed by atoms with van der Waals surface area (Å²) in [4.78, 5) is 12.3. The standard InChI is InChI=1S/C16H24N2O3S/c1-3-11-22(20,21)18-9-7-14(8-10-18)16(19)17-15-6-4-5-13(2)12-15/h4-6,12,14H,3,7-11H2,1-2H3,(H,17,19). The zero-order valence-corrected chi connectivity index (χ0v) is 14.0. The van der Waals surface area contributed by atoms with Crippen LogP contribution in [-0.2, 0) is 14.8 Å². The Labute approximate surface area is 132 Å². The van der Waals surface area contributed by atoms with Gasteiger partial charge in [-0.3, -0.25) is 4.79 Å². The summed E-state index contributed by atoms with van der Waals surface area (Å²) in [6.07, 6.45) is 1.79. The average molecular weight is 324 g/mol. The number of anilines is 1. The fraction of sp³-hybridized carbons (Fsp3) is 0.562. The quantitative estimate of drug-likeness (QED) is 0.904. The number of sulfonamides is 1. The molecule has 122 valence electrons. The van der Waals surface area contributed by atoms with Gasteiger partial charge in [-0.2, -0.15) is 0 Å². The second-order valence-electron chi connectivity index (χ2n) is 5.85. The van der Waals surface area contributed by atoms with E-state index < -0.39 is 10.0 Å². The predicted octanol–water partition coefficient (Wildman–Crippen LogP) is 2.39. The monoisotopic (exact) mass is 324 g/mol. The van der Waals surface area contributed by atoms with Gasteiger partial charge in [0, 0.05) is 24.7 Å². The zero-order chi connectivity index (χ0) is 16.2. The molecule has 0 atom stereocenters. The maximum absolute atomic E-state index is 12.3. The van der Waals surface area contributed by atoms with Crippen LogP contribution >= 0.6 is 0 Å². The third-order valence-electron chi connectivity index (χ3n) is 3.97. The molecule has 1 aromatic rings. The van der Waals surface area contributed by atoms with Gasteiger partial charge in [0.05, 0.1) is 5.75 Å². The Kier molecular flexibility index (Phi) is 5.58. The molecule has 6 heteroatoms. The summed E-state index contributed by atoms with van der Waals surface area (Å²) < 4.78 is 25.6. The van der Waals surface area contributed by atoms with E-state index in [-0.39, 0.29) is 17.6 Å². The summed E-state index contributed by atoms with van der Waals surface area (Å²) in [7, 11) is -3.15. The molecular weight excluding hydrogens is 300 g/mol. The molecule has 5 nitrogen and oxygen atoms in total. The summed E-state index contributed by atoms with van der Waals surface area (Å²) in [5, 5.41) is 2.92. The number of nitrogens with one attached hydrogen (secondary N) is 1. The Balaban J connectivity index is 1.90. The highest BCUT2D eigenvalue weighted by Crippen LogP contribution is 2.22. The number of hydrogen-bond acceptors (Lipinski definition) is 3. The number of hydrogen-bond donors (Lipinski definition) is 1. The fourth-order valence-electron chi connectivity index (χ4n) is 2.75. The molecule has 0 aliphatic carbocycles. The Morgan fingerprint density at radius 1 is 1.32 bits per heavy atom. The molecule has 1 aromatic carbocycles. The highest BCUT2D eigenvalue weighted by molar-refractivity contribution is 7.89. The van der Waals surface area contributed by atoms with Gasteiger partial charge in [0.15, 0.2) is 0 Å². The summed E-state index contributed by atoms with van der Waals surface area (Å²) in [5.41, 5.74) is 1.89. The number of carbonyl (C=O) groups excluding carboxylic acids is 1. The van der Waals surface area contributed by atoms with Crippen LogP contribution in [-0.4, -0.2) is 37.5 Å². The summed E-state index contributed by atoms with van der Waals surface area (Å²) in [5.74, 6) is 0.0550. The normalized spacial score (nSPS) is 17.4. The van der Waals surface area contributed by atoms with Gasteiger partial charge in [-0.05, 0) is 43.9 Å². The molecule has 0 bridgehead atoms. The van der Waals surface area contributed by atoms with Gasteiger partial charge in [-0.15, -0.1) is 0 Å². The van der Waals surface area contributed by atoms with Crippen molar-refractivity contribution in [2.24, 2.45) is 5.92 Å². The van der Waals surface area contributed by atoms with Crippen molar-refractivity contribution >= 4 is 21.6 Å². The molecule has 1 aliphatic rings. The molecule has 22 heavy (non-hydrogen) atoms. The number of nitrogens with zero attached hydrogens (tertiary/aromatic N) is 1. The minimum atomic E-state index is -3.15. The molecule has 1 saturated heterocycles. The largest absolute Gasteiger partial charge is 0.326 e. The van der Waals surface area contributed by atoms with E-state index in [4.69, 9.17) is 0 Å². The summed E-state index contributed by atoms with van der Waals surface area (Å²) >= 11 is 0. The number of amides is 1. The first kappa shape index (κ1) is 17.0. The maximum Gasteiger partial charge on any atom is 0.227 e. The van der Waals surface area contributed by atoms with E-state index in [9.17, 15) is 13.2 Å². The van der Waals surface area contributed by atoms with Crippen molar-refractivity contribution in [3.63, 3.8) is 0 Å². The lowest BCUT2D eigenvalue weighted by molar-refractivity contribution is -0.120. The van der Waals surface area contributed by atoms with E-state index in [0.717, 1.165) is 11.3 Å². The van der Waals surface area contributed by atoms with Crippen LogP contribution in [0.4, 0.5) is 5.69 Å². The lowest BCUT2D eigenvalue weighted by Crippen LogP contribution is -2.42. The Hall–Kier alpha value is -1.40. The third-order valence-corrected chi connectivity index (χ3v) is 6.04. The first-order valence-electron chi connectivity index (χ1n) is 7.77. The van der Waals surface area contributed by atoms with Crippen LogP contribution < -0.4 is 5.32 Å². The van der Waals surface area contributed by atoms with E-state index in [1.54, 1.807) is 0 Å². The summed E-state index contributed by atoms with van der Waals surface area (Å²) in [6.45, 7) is 4.72. The van der Waals surface area contributed by atoms with Crippen LogP contribution in [0.3, 0.4) is 0 Å². The number of rotatable bonds is 5. The van der Waals surface area contributed by atoms with Gasteiger partial charge in [0.25, 0.3) is 0 Å². The van der Waals surface area contributed by atoms with E-state index in [1.165, 1.54) is 4.31 Å². The second-order valence-corrected chi connectivity index (χ2v) is 7.94. The van der Waals surface area contributed by atoms with E-state index in [0.29, 0.717) is 32.4 Å². The third kappa shape index (κ3) is 4.30. The SMILES string of the molecule is CCCS(=O)(=O)N1CCC(C(=O)Nc2cccc(C)c2)CC1. The molecule has 1 amide bonds. The van der Waals surface area contributed by atoms with E-state index >= 15 is 0 Å². The van der Waals surface area contributed by atoms with Crippen molar-refractivity contribution < 1.29 is 13.2 Å². The van der Waals surface area contributed by atoms with Crippen LogP contribution in [0.2, 0.25) is 0 Å². The molecule has 2 rings (SSSR count). The summed E-state index contributed by atoms with van der Waals surface area (Å²) in [6, 6.07) is 7.68. The smallest absolute Gasteiger partial charge is 0.227 e. The van der Waals surface area contributed by atoms with E-state index in [2.05, 4.69) is 5.32 Å². The molecular formula is C16H24N2O3S. The number of aryl methyl sites for hydroxylation is 1. The van der Waals surface area contributed by atoms with Crippen LogP contribution in [0.15, 0.2) is 24.3 Å². The zero-order valence-electron chi connectivity index (χ0n) is 13.2. The first-order valence-corrected chi connectivity index (χ1v) is 9.38. The molecule has 1 aliphatic heterocycles. The van der Waals surface area contributed by atoms with Crippen LogP contribution in [0.25, 0.3) is 0 Å². The van der Waals surface area contributed by atoms with Crippen LogP contribution in [0.1, 0.15) is 31.7 Å². The van der Waals surface area contributed by atoms with Crippen molar-refractivity contribution in [3.05, 3.63) is 29.8 Å². The lowest BCUT2D eigenvalue weighted by Gasteiger charge is -2.30. The van der Waals surface area contributed by atoms with Gasteiger partial charge in [0.2, 0.25) is 15.9 Å².